The standard InChI is InChI=1S/C20H15F2N3O4/c21-20(22)29-16-5-2-1-4-12(16)11-28-13-7-8-15-14(10-13)18(25-24-15)23-19(26)17-6-3-9-27-17/h1-10,20H,11H2,(H2,23,24,25,26). The van der Waals surface area contributed by atoms with E-state index in [9.17, 15) is 13.6 Å². The normalized spacial score (nSPS) is 11.0. The Balaban J connectivity index is 1.51. The lowest BCUT2D eigenvalue weighted by Gasteiger charge is -2.12. The smallest absolute Gasteiger partial charge is 0.387 e. The van der Waals surface area contributed by atoms with Crippen LogP contribution in [0.5, 0.6) is 11.5 Å². The fourth-order valence-corrected chi connectivity index (χ4v) is 2.75. The zero-order valence-electron chi connectivity index (χ0n) is 14.9. The van der Waals surface area contributed by atoms with Gasteiger partial charge in [-0.15, -0.1) is 0 Å². The van der Waals surface area contributed by atoms with Crippen LogP contribution in [0.25, 0.3) is 10.9 Å². The van der Waals surface area contributed by atoms with E-state index in [4.69, 9.17) is 9.15 Å². The van der Waals surface area contributed by atoms with E-state index >= 15 is 0 Å². The number of H-pyrrole nitrogens is 1. The molecule has 0 spiro atoms. The first kappa shape index (κ1) is 18.5. The number of carbonyl (C=O) groups is 1. The number of furan rings is 1. The molecule has 0 bridgehead atoms. The Kier molecular flexibility index (Phi) is 5.10. The van der Waals surface area contributed by atoms with Crippen molar-refractivity contribution in [3.63, 3.8) is 0 Å². The molecule has 0 atom stereocenters. The topological polar surface area (TPSA) is 89.4 Å². The van der Waals surface area contributed by atoms with Crippen LogP contribution < -0.4 is 14.8 Å². The van der Waals surface area contributed by atoms with E-state index in [-0.39, 0.29) is 18.1 Å². The molecule has 0 aliphatic carbocycles. The Bertz CT molecular complexity index is 1130. The van der Waals surface area contributed by atoms with E-state index in [1.54, 1.807) is 42.5 Å². The first-order valence-corrected chi connectivity index (χ1v) is 8.58. The third-order valence-electron chi connectivity index (χ3n) is 4.09. The minimum atomic E-state index is -2.92. The van der Waals surface area contributed by atoms with Gasteiger partial charge < -0.3 is 19.2 Å². The second-order valence-electron chi connectivity index (χ2n) is 5.99. The summed E-state index contributed by atoms with van der Waals surface area (Å²) in [6, 6.07) is 14.7. The van der Waals surface area contributed by atoms with Crippen molar-refractivity contribution in [3.8, 4) is 11.5 Å². The fourth-order valence-electron chi connectivity index (χ4n) is 2.75. The number of fused-ring (bicyclic) bond motifs is 1. The first-order chi connectivity index (χ1) is 14.1. The molecule has 2 aromatic carbocycles. The van der Waals surface area contributed by atoms with Gasteiger partial charge in [0, 0.05) is 10.9 Å². The van der Waals surface area contributed by atoms with E-state index in [0.717, 1.165) is 0 Å². The number of hydrogen-bond donors (Lipinski definition) is 2. The van der Waals surface area contributed by atoms with Crippen LogP contribution in [0.3, 0.4) is 0 Å². The number of ether oxygens (including phenoxy) is 2. The van der Waals surface area contributed by atoms with Crippen LogP contribution in [-0.2, 0) is 6.61 Å². The summed E-state index contributed by atoms with van der Waals surface area (Å²) >= 11 is 0. The summed E-state index contributed by atoms with van der Waals surface area (Å²) in [5.41, 5.74) is 1.17. The SMILES string of the molecule is O=C(Nc1n[nH]c2ccc(OCc3ccccc3OC(F)F)cc12)c1ccco1. The summed E-state index contributed by atoms with van der Waals surface area (Å²) in [5, 5.41) is 10.2. The molecule has 4 rings (SSSR count). The molecule has 9 heteroatoms. The second kappa shape index (κ2) is 8.01. The van der Waals surface area contributed by atoms with Crippen molar-refractivity contribution >= 4 is 22.6 Å². The number of halogens is 2. The molecule has 1 amide bonds. The number of hydrogen-bond acceptors (Lipinski definition) is 5. The molecule has 148 valence electrons. The van der Waals surface area contributed by atoms with Gasteiger partial charge in [-0.2, -0.15) is 13.9 Å². The Labute approximate surface area is 163 Å². The van der Waals surface area contributed by atoms with Crippen LogP contribution >= 0.6 is 0 Å². The zero-order valence-corrected chi connectivity index (χ0v) is 14.9. The molecule has 2 heterocycles. The van der Waals surface area contributed by atoms with Crippen LogP contribution in [0.2, 0.25) is 0 Å². The molecule has 0 fully saturated rings. The minimum Gasteiger partial charge on any atom is -0.489 e. The van der Waals surface area contributed by atoms with E-state index in [1.807, 2.05) is 0 Å². The van der Waals surface area contributed by atoms with E-state index in [2.05, 4.69) is 20.3 Å². The molecule has 0 aliphatic rings. The van der Waals surface area contributed by atoms with Crippen LogP contribution in [0.15, 0.2) is 65.3 Å². The van der Waals surface area contributed by atoms with Gasteiger partial charge in [0.05, 0.1) is 11.8 Å². The lowest BCUT2D eigenvalue weighted by Crippen LogP contribution is -2.11. The van der Waals surface area contributed by atoms with Crippen molar-refractivity contribution in [2.24, 2.45) is 0 Å². The highest BCUT2D eigenvalue weighted by Gasteiger charge is 2.14. The Morgan fingerprint density at radius 1 is 1.17 bits per heavy atom. The number of carbonyl (C=O) groups excluding carboxylic acids is 1. The number of aromatic amines is 1. The molecule has 0 aliphatic heterocycles. The maximum absolute atomic E-state index is 12.5. The lowest BCUT2D eigenvalue weighted by molar-refractivity contribution is -0.0508. The van der Waals surface area contributed by atoms with Gasteiger partial charge in [0.15, 0.2) is 11.6 Å². The third kappa shape index (κ3) is 4.18. The molecule has 0 saturated carbocycles. The number of benzene rings is 2. The molecule has 0 unspecified atom stereocenters. The molecule has 2 N–H and O–H groups in total. The molecular formula is C20H15F2N3O4. The summed E-state index contributed by atoms with van der Waals surface area (Å²) in [5.74, 6) is 0.558. The highest BCUT2D eigenvalue weighted by molar-refractivity contribution is 6.06. The number of amides is 1. The maximum atomic E-state index is 12.5. The predicted octanol–water partition coefficient (Wildman–Crippen LogP) is 4.59. The van der Waals surface area contributed by atoms with Crippen LogP contribution in [0, 0.1) is 0 Å². The molecular weight excluding hydrogens is 384 g/mol. The Hall–Kier alpha value is -3.88. The van der Waals surface area contributed by atoms with E-state index in [0.29, 0.717) is 28.0 Å². The number of anilines is 1. The number of alkyl halides is 2. The summed E-state index contributed by atoms with van der Waals surface area (Å²) < 4.78 is 40.4. The van der Waals surface area contributed by atoms with Gasteiger partial charge in [-0.1, -0.05) is 18.2 Å². The van der Waals surface area contributed by atoms with Crippen molar-refractivity contribution in [2.75, 3.05) is 5.32 Å². The van der Waals surface area contributed by atoms with Gasteiger partial charge in [0.2, 0.25) is 0 Å². The number of rotatable bonds is 7. The van der Waals surface area contributed by atoms with Gasteiger partial charge in [-0.05, 0) is 36.4 Å². The van der Waals surface area contributed by atoms with Crippen LogP contribution in [0.1, 0.15) is 16.1 Å². The predicted molar refractivity (Wildman–Crippen MR) is 100 cm³/mol. The van der Waals surface area contributed by atoms with Gasteiger partial charge in [0.25, 0.3) is 5.91 Å². The minimum absolute atomic E-state index is 0.0281. The average molecular weight is 399 g/mol. The van der Waals surface area contributed by atoms with Crippen molar-refractivity contribution in [3.05, 3.63) is 72.2 Å². The molecule has 0 radical (unpaired) electrons. The molecule has 4 aromatic rings. The van der Waals surface area contributed by atoms with Gasteiger partial charge in [0.1, 0.15) is 18.1 Å². The average Bonchev–Trinajstić information content (AvgIpc) is 3.37. The van der Waals surface area contributed by atoms with Crippen molar-refractivity contribution in [1.29, 1.82) is 0 Å². The second-order valence-corrected chi connectivity index (χ2v) is 5.99. The van der Waals surface area contributed by atoms with Gasteiger partial charge >= 0.3 is 6.61 Å². The lowest BCUT2D eigenvalue weighted by atomic mass is 10.2. The Morgan fingerprint density at radius 2 is 2.03 bits per heavy atom. The first-order valence-electron chi connectivity index (χ1n) is 8.58. The highest BCUT2D eigenvalue weighted by Crippen LogP contribution is 2.27. The van der Waals surface area contributed by atoms with Crippen molar-refractivity contribution in [2.45, 2.75) is 13.2 Å². The number of nitrogens with one attached hydrogen (secondary N) is 2. The van der Waals surface area contributed by atoms with Gasteiger partial charge in [-0.3, -0.25) is 9.89 Å². The summed E-state index contributed by atoms with van der Waals surface area (Å²) in [4.78, 5) is 12.2. The maximum Gasteiger partial charge on any atom is 0.387 e. The molecule has 2 aromatic heterocycles. The molecule has 7 nitrogen and oxygen atoms in total. The fraction of sp³-hybridized carbons (Fsp3) is 0.100. The third-order valence-corrected chi connectivity index (χ3v) is 4.09. The van der Waals surface area contributed by atoms with Gasteiger partial charge in [-0.25, -0.2) is 0 Å². The summed E-state index contributed by atoms with van der Waals surface area (Å²) in [6.45, 7) is -2.89. The van der Waals surface area contributed by atoms with Crippen LogP contribution in [0.4, 0.5) is 14.6 Å². The summed E-state index contributed by atoms with van der Waals surface area (Å²) in [6.07, 6.45) is 1.40. The highest BCUT2D eigenvalue weighted by atomic mass is 19.3. The zero-order chi connectivity index (χ0) is 20.2. The molecule has 0 saturated heterocycles. The largest absolute Gasteiger partial charge is 0.489 e. The monoisotopic (exact) mass is 399 g/mol. The quantitative estimate of drug-likeness (QED) is 0.475. The number of nitrogens with zero attached hydrogens (tertiary/aromatic N) is 1. The van der Waals surface area contributed by atoms with E-state index in [1.165, 1.54) is 18.4 Å². The van der Waals surface area contributed by atoms with Crippen LogP contribution in [-0.4, -0.2) is 22.7 Å². The Morgan fingerprint density at radius 3 is 2.83 bits per heavy atom. The molecule has 29 heavy (non-hydrogen) atoms. The van der Waals surface area contributed by atoms with Crippen molar-refractivity contribution < 1.29 is 27.5 Å². The van der Waals surface area contributed by atoms with E-state index < -0.39 is 12.5 Å². The van der Waals surface area contributed by atoms with Crippen molar-refractivity contribution in [1.82, 2.24) is 10.2 Å². The summed E-state index contributed by atoms with van der Waals surface area (Å²) in [7, 11) is 0. The number of aromatic nitrogens is 2. The number of para-hydroxylation sites is 1.